The summed E-state index contributed by atoms with van der Waals surface area (Å²) in [5.41, 5.74) is 8.87. The molecule has 2 unspecified atom stereocenters. The zero-order valence-corrected chi connectivity index (χ0v) is 10.3. The van der Waals surface area contributed by atoms with E-state index in [1.165, 1.54) is 17.5 Å². The summed E-state index contributed by atoms with van der Waals surface area (Å²) >= 11 is 0. The standard InChI is InChI=1S/C14H22N2/c1-3-11(2)14(8-15)16-9-12-6-4-5-7-13(12)10-16/h4-7,11,14H,3,8-10,15H2,1-2H3. The number of nitrogens with zero attached hydrogens (tertiary/aromatic N) is 1. The van der Waals surface area contributed by atoms with Gasteiger partial charge in [0.15, 0.2) is 0 Å². The molecule has 0 amide bonds. The minimum atomic E-state index is 0.525. The second kappa shape index (κ2) is 4.98. The lowest BCUT2D eigenvalue weighted by Crippen LogP contribution is -2.41. The van der Waals surface area contributed by atoms with Crippen LogP contribution in [0, 0.1) is 5.92 Å². The highest BCUT2D eigenvalue weighted by molar-refractivity contribution is 5.30. The maximum absolute atomic E-state index is 5.92. The molecule has 0 radical (unpaired) electrons. The summed E-state index contributed by atoms with van der Waals surface area (Å²) in [6.07, 6.45) is 1.20. The van der Waals surface area contributed by atoms with Gasteiger partial charge in [0.25, 0.3) is 0 Å². The van der Waals surface area contributed by atoms with Gasteiger partial charge in [0, 0.05) is 25.7 Å². The van der Waals surface area contributed by atoms with E-state index in [1.807, 2.05) is 0 Å². The average Bonchev–Trinajstić information content (AvgIpc) is 2.72. The van der Waals surface area contributed by atoms with Crippen LogP contribution in [0.5, 0.6) is 0 Å². The molecule has 1 heterocycles. The van der Waals surface area contributed by atoms with Crippen molar-refractivity contribution in [2.75, 3.05) is 6.54 Å². The van der Waals surface area contributed by atoms with E-state index < -0.39 is 0 Å². The first-order valence-corrected chi connectivity index (χ1v) is 6.27. The molecule has 2 nitrogen and oxygen atoms in total. The van der Waals surface area contributed by atoms with Gasteiger partial charge in [0.05, 0.1) is 0 Å². The molecule has 0 bridgehead atoms. The monoisotopic (exact) mass is 218 g/mol. The van der Waals surface area contributed by atoms with Crippen LogP contribution in [0.4, 0.5) is 0 Å². The Kier molecular flexibility index (Phi) is 3.62. The van der Waals surface area contributed by atoms with Crippen LogP contribution in [0.3, 0.4) is 0 Å². The minimum absolute atomic E-state index is 0.525. The number of hydrogen-bond donors (Lipinski definition) is 1. The van der Waals surface area contributed by atoms with Gasteiger partial charge in [0.2, 0.25) is 0 Å². The van der Waals surface area contributed by atoms with Crippen LogP contribution in [0.25, 0.3) is 0 Å². The van der Waals surface area contributed by atoms with Crippen LogP contribution in [0.2, 0.25) is 0 Å². The lowest BCUT2D eigenvalue weighted by Gasteiger charge is -2.31. The van der Waals surface area contributed by atoms with E-state index in [1.54, 1.807) is 0 Å². The van der Waals surface area contributed by atoms with Gasteiger partial charge in [-0.1, -0.05) is 44.5 Å². The highest BCUT2D eigenvalue weighted by Crippen LogP contribution is 2.27. The van der Waals surface area contributed by atoms with E-state index >= 15 is 0 Å². The number of benzene rings is 1. The van der Waals surface area contributed by atoms with Gasteiger partial charge in [-0.25, -0.2) is 0 Å². The van der Waals surface area contributed by atoms with Crippen LogP contribution in [-0.2, 0) is 13.1 Å². The molecule has 0 saturated heterocycles. The van der Waals surface area contributed by atoms with Crippen molar-refractivity contribution in [2.45, 2.75) is 39.4 Å². The summed E-state index contributed by atoms with van der Waals surface area (Å²) < 4.78 is 0. The molecule has 0 fully saturated rings. The molecule has 0 spiro atoms. The Bertz CT molecular complexity index is 323. The third-order valence-electron chi connectivity index (χ3n) is 3.88. The molecule has 1 aromatic rings. The summed E-state index contributed by atoms with van der Waals surface area (Å²) in [7, 11) is 0. The van der Waals surface area contributed by atoms with Crippen LogP contribution >= 0.6 is 0 Å². The third kappa shape index (κ3) is 2.13. The Morgan fingerprint density at radius 3 is 2.25 bits per heavy atom. The quantitative estimate of drug-likeness (QED) is 0.840. The van der Waals surface area contributed by atoms with Crippen molar-refractivity contribution in [3.63, 3.8) is 0 Å². The molecular formula is C14H22N2. The Morgan fingerprint density at radius 1 is 1.25 bits per heavy atom. The Balaban J connectivity index is 2.09. The Morgan fingerprint density at radius 2 is 1.81 bits per heavy atom. The van der Waals surface area contributed by atoms with Gasteiger partial charge in [-0.15, -0.1) is 0 Å². The van der Waals surface area contributed by atoms with Crippen molar-refractivity contribution >= 4 is 0 Å². The fourth-order valence-corrected chi connectivity index (χ4v) is 2.61. The molecule has 16 heavy (non-hydrogen) atoms. The van der Waals surface area contributed by atoms with Gasteiger partial charge < -0.3 is 5.73 Å². The predicted molar refractivity (Wildman–Crippen MR) is 68.0 cm³/mol. The van der Waals surface area contributed by atoms with Crippen LogP contribution in [0.1, 0.15) is 31.4 Å². The number of nitrogens with two attached hydrogens (primary N) is 1. The SMILES string of the molecule is CCC(C)C(CN)N1Cc2ccccc2C1. The molecular weight excluding hydrogens is 196 g/mol. The minimum Gasteiger partial charge on any atom is -0.329 e. The highest BCUT2D eigenvalue weighted by atomic mass is 15.2. The molecule has 0 aromatic heterocycles. The summed E-state index contributed by atoms with van der Waals surface area (Å²) in [6.45, 7) is 7.46. The topological polar surface area (TPSA) is 29.3 Å². The maximum atomic E-state index is 5.92. The fourth-order valence-electron chi connectivity index (χ4n) is 2.61. The summed E-state index contributed by atoms with van der Waals surface area (Å²) in [6, 6.07) is 9.25. The normalized spacial score (nSPS) is 19.4. The van der Waals surface area contributed by atoms with Crippen LogP contribution in [-0.4, -0.2) is 17.5 Å². The molecule has 0 saturated carbocycles. The van der Waals surface area contributed by atoms with Crippen molar-refractivity contribution in [3.05, 3.63) is 35.4 Å². The van der Waals surface area contributed by atoms with Gasteiger partial charge in [-0.2, -0.15) is 0 Å². The molecule has 1 aromatic carbocycles. The summed E-state index contributed by atoms with van der Waals surface area (Å²) in [5, 5.41) is 0. The first-order valence-electron chi connectivity index (χ1n) is 6.27. The van der Waals surface area contributed by atoms with E-state index in [-0.39, 0.29) is 0 Å². The maximum Gasteiger partial charge on any atom is 0.0250 e. The predicted octanol–water partition coefficient (Wildman–Crippen LogP) is 2.38. The molecule has 2 atom stereocenters. The third-order valence-corrected chi connectivity index (χ3v) is 3.88. The van der Waals surface area contributed by atoms with Crippen molar-refractivity contribution in [1.29, 1.82) is 0 Å². The molecule has 1 aliphatic heterocycles. The lowest BCUT2D eigenvalue weighted by molar-refractivity contribution is 0.150. The second-order valence-corrected chi connectivity index (χ2v) is 4.86. The van der Waals surface area contributed by atoms with Crippen LogP contribution < -0.4 is 5.73 Å². The van der Waals surface area contributed by atoms with Crippen molar-refractivity contribution in [1.82, 2.24) is 4.90 Å². The summed E-state index contributed by atoms with van der Waals surface area (Å²) in [5.74, 6) is 0.680. The number of hydrogen-bond acceptors (Lipinski definition) is 2. The van der Waals surface area contributed by atoms with E-state index in [0.717, 1.165) is 19.6 Å². The lowest BCUT2D eigenvalue weighted by atomic mass is 9.98. The second-order valence-electron chi connectivity index (χ2n) is 4.86. The van der Waals surface area contributed by atoms with Gasteiger partial charge in [-0.05, 0) is 17.0 Å². The Hall–Kier alpha value is -0.860. The van der Waals surface area contributed by atoms with E-state index in [4.69, 9.17) is 5.73 Å². The highest BCUT2D eigenvalue weighted by Gasteiger charge is 2.27. The van der Waals surface area contributed by atoms with Crippen LogP contribution in [0.15, 0.2) is 24.3 Å². The fraction of sp³-hybridized carbons (Fsp3) is 0.571. The van der Waals surface area contributed by atoms with E-state index in [0.29, 0.717) is 12.0 Å². The number of rotatable bonds is 4. The van der Waals surface area contributed by atoms with Gasteiger partial charge in [-0.3, -0.25) is 4.90 Å². The molecule has 2 heteroatoms. The Labute approximate surface area is 98.4 Å². The summed E-state index contributed by atoms with van der Waals surface area (Å²) in [4.78, 5) is 2.53. The van der Waals surface area contributed by atoms with E-state index in [2.05, 4.69) is 43.0 Å². The first-order chi connectivity index (χ1) is 7.76. The zero-order chi connectivity index (χ0) is 11.5. The van der Waals surface area contributed by atoms with Gasteiger partial charge in [0.1, 0.15) is 0 Å². The smallest absolute Gasteiger partial charge is 0.0250 e. The average molecular weight is 218 g/mol. The largest absolute Gasteiger partial charge is 0.329 e. The first kappa shape index (κ1) is 11.6. The number of fused-ring (bicyclic) bond motifs is 1. The molecule has 2 N–H and O–H groups in total. The van der Waals surface area contributed by atoms with Crippen molar-refractivity contribution < 1.29 is 0 Å². The van der Waals surface area contributed by atoms with Crippen molar-refractivity contribution in [3.8, 4) is 0 Å². The molecule has 0 aliphatic carbocycles. The zero-order valence-electron chi connectivity index (χ0n) is 10.3. The van der Waals surface area contributed by atoms with Gasteiger partial charge >= 0.3 is 0 Å². The van der Waals surface area contributed by atoms with E-state index in [9.17, 15) is 0 Å². The molecule has 2 rings (SSSR count). The van der Waals surface area contributed by atoms with Crippen molar-refractivity contribution in [2.24, 2.45) is 11.7 Å². The molecule has 88 valence electrons. The molecule has 1 aliphatic rings.